The number of methoxy groups -OCH3 is 2. The number of phenolic OH excluding ortho intramolecular Hbond substituents is 1. The van der Waals surface area contributed by atoms with Crippen LogP contribution < -0.4 is 14.2 Å². The van der Waals surface area contributed by atoms with Gasteiger partial charge in [-0.25, -0.2) is 5.01 Å². The second-order valence-electron chi connectivity index (χ2n) is 7.31. The van der Waals surface area contributed by atoms with E-state index < -0.39 is 6.23 Å². The van der Waals surface area contributed by atoms with Crippen molar-refractivity contribution in [2.24, 2.45) is 5.10 Å². The van der Waals surface area contributed by atoms with Crippen LogP contribution >= 0.6 is 0 Å². The third kappa shape index (κ3) is 3.01. The molecule has 5 rings (SSSR count). The molecule has 30 heavy (non-hydrogen) atoms. The normalized spacial score (nSPS) is 19.4. The second-order valence-corrected chi connectivity index (χ2v) is 7.31. The molecule has 2 aliphatic heterocycles. The molecule has 0 amide bonds. The molecule has 3 aromatic rings. The Morgan fingerprint density at radius 3 is 2.60 bits per heavy atom. The van der Waals surface area contributed by atoms with E-state index in [0.29, 0.717) is 17.7 Å². The zero-order valence-corrected chi connectivity index (χ0v) is 16.8. The molecule has 0 spiro atoms. The molecule has 0 saturated heterocycles. The van der Waals surface area contributed by atoms with Crippen molar-refractivity contribution in [3.8, 4) is 23.0 Å². The van der Waals surface area contributed by atoms with Crippen molar-refractivity contribution < 1.29 is 19.3 Å². The van der Waals surface area contributed by atoms with E-state index in [1.165, 1.54) is 0 Å². The molecule has 0 aliphatic carbocycles. The van der Waals surface area contributed by atoms with Crippen LogP contribution in [0.2, 0.25) is 0 Å². The number of aromatic hydroxyl groups is 1. The topological polar surface area (TPSA) is 63.5 Å². The van der Waals surface area contributed by atoms with E-state index in [1.54, 1.807) is 26.4 Å². The fraction of sp³-hybridized carbons (Fsp3) is 0.208. The summed E-state index contributed by atoms with van der Waals surface area (Å²) in [5.41, 5.74) is 3.50. The Morgan fingerprint density at radius 2 is 1.77 bits per heavy atom. The summed E-state index contributed by atoms with van der Waals surface area (Å²) in [7, 11) is 3.26. The lowest BCUT2D eigenvalue weighted by Crippen LogP contribution is -2.33. The molecule has 2 heterocycles. The number of nitrogens with zero attached hydrogens (tertiary/aromatic N) is 2. The number of ether oxygens (including phenoxy) is 3. The highest BCUT2D eigenvalue weighted by Gasteiger charge is 2.41. The van der Waals surface area contributed by atoms with Crippen molar-refractivity contribution >= 4 is 5.71 Å². The lowest BCUT2D eigenvalue weighted by molar-refractivity contribution is -0.0191. The van der Waals surface area contributed by atoms with Crippen LogP contribution in [0.4, 0.5) is 0 Å². The van der Waals surface area contributed by atoms with E-state index >= 15 is 0 Å². The van der Waals surface area contributed by atoms with Crippen molar-refractivity contribution in [3.63, 3.8) is 0 Å². The largest absolute Gasteiger partial charge is 0.507 e. The summed E-state index contributed by atoms with van der Waals surface area (Å²) in [5, 5.41) is 17.3. The minimum Gasteiger partial charge on any atom is -0.507 e. The highest BCUT2D eigenvalue weighted by Crippen LogP contribution is 2.48. The van der Waals surface area contributed by atoms with Gasteiger partial charge < -0.3 is 19.3 Å². The van der Waals surface area contributed by atoms with Gasteiger partial charge in [0.2, 0.25) is 6.23 Å². The Balaban J connectivity index is 1.60. The van der Waals surface area contributed by atoms with Gasteiger partial charge in [-0.1, -0.05) is 30.3 Å². The first-order valence-corrected chi connectivity index (χ1v) is 9.80. The van der Waals surface area contributed by atoms with Gasteiger partial charge in [0, 0.05) is 23.1 Å². The zero-order valence-electron chi connectivity index (χ0n) is 16.8. The molecule has 0 radical (unpaired) electrons. The molecule has 6 nitrogen and oxygen atoms in total. The van der Waals surface area contributed by atoms with E-state index in [2.05, 4.69) is 6.07 Å². The van der Waals surface area contributed by atoms with Crippen LogP contribution in [0.15, 0.2) is 71.8 Å². The van der Waals surface area contributed by atoms with Crippen molar-refractivity contribution in [2.45, 2.75) is 18.7 Å². The first-order chi connectivity index (χ1) is 14.7. The predicted molar refractivity (Wildman–Crippen MR) is 113 cm³/mol. The summed E-state index contributed by atoms with van der Waals surface area (Å²) in [6.07, 6.45) is 0.256. The van der Waals surface area contributed by atoms with E-state index in [-0.39, 0.29) is 11.8 Å². The van der Waals surface area contributed by atoms with Crippen LogP contribution in [0.5, 0.6) is 23.0 Å². The van der Waals surface area contributed by atoms with Crippen LogP contribution in [0.3, 0.4) is 0 Å². The third-order valence-corrected chi connectivity index (χ3v) is 5.59. The Morgan fingerprint density at radius 1 is 0.967 bits per heavy atom. The Kier molecular flexibility index (Phi) is 4.47. The number of para-hydroxylation sites is 1. The maximum Gasteiger partial charge on any atom is 0.214 e. The smallest absolute Gasteiger partial charge is 0.214 e. The highest BCUT2D eigenvalue weighted by molar-refractivity contribution is 6.04. The maximum atomic E-state index is 10.5. The SMILES string of the molecule is COc1cccc([C@@H]2Oc3ccccc3[C@H]3CC(c4cc(OC)ccc4O)=NN32)c1. The fourth-order valence-electron chi connectivity index (χ4n) is 4.09. The van der Waals surface area contributed by atoms with Gasteiger partial charge in [0.1, 0.15) is 23.0 Å². The minimum absolute atomic E-state index is 0.00625. The molecule has 6 heteroatoms. The summed E-state index contributed by atoms with van der Waals surface area (Å²) >= 11 is 0. The summed E-state index contributed by atoms with van der Waals surface area (Å²) in [5.74, 6) is 2.47. The molecule has 0 aromatic heterocycles. The molecular formula is C24H22N2O4. The first kappa shape index (κ1) is 18.4. The van der Waals surface area contributed by atoms with Gasteiger partial charge in [-0.15, -0.1) is 0 Å². The highest BCUT2D eigenvalue weighted by atomic mass is 16.5. The lowest BCUT2D eigenvalue weighted by atomic mass is 9.95. The number of hydrogen-bond acceptors (Lipinski definition) is 6. The van der Waals surface area contributed by atoms with Gasteiger partial charge in [0.15, 0.2) is 0 Å². The standard InChI is InChI=1S/C24H22N2O4/c1-28-16-7-5-6-15(12-16)24-26-21(18-8-3-4-9-23(18)30-24)14-20(25-26)19-13-17(29-2)10-11-22(19)27/h3-13,21,24,27H,14H2,1-2H3/t21-,24+/m1/s1. The molecule has 2 atom stereocenters. The van der Waals surface area contributed by atoms with Crippen LogP contribution in [-0.2, 0) is 0 Å². The molecule has 152 valence electrons. The van der Waals surface area contributed by atoms with Crippen molar-refractivity contribution in [3.05, 3.63) is 83.4 Å². The van der Waals surface area contributed by atoms with E-state index in [1.807, 2.05) is 53.5 Å². The molecular weight excluding hydrogens is 380 g/mol. The van der Waals surface area contributed by atoms with E-state index in [0.717, 1.165) is 28.3 Å². The van der Waals surface area contributed by atoms with Crippen LogP contribution in [-0.4, -0.2) is 30.0 Å². The number of hydrogen-bond donors (Lipinski definition) is 1. The Labute approximate surface area is 174 Å². The predicted octanol–water partition coefficient (Wildman–Crippen LogP) is 4.65. The lowest BCUT2D eigenvalue weighted by Gasteiger charge is -2.38. The molecule has 0 unspecified atom stereocenters. The van der Waals surface area contributed by atoms with E-state index in [9.17, 15) is 5.11 Å². The van der Waals surface area contributed by atoms with E-state index in [4.69, 9.17) is 19.3 Å². The maximum absolute atomic E-state index is 10.5. The Hall–Kier alpha value is -3.67. The van der Waals surface area contributed by atoms with Gasteiger partial charge in [-0.3, -0.25) is 0 Å². The molecule has 0 fully saturated rings. The van der Waals surface area contributed by atoms with Gasteiger partial charge in [-0.2, -0.15) is 5.10 Å². The first-order valence-electron chi connectivity index (χ1n) is 9.80. The number of benzene rings is 3. The monoisotopic (exact) mass is 402 g/mol. The summed E-state index contributed by atoms with van der Waals surface area (Å²) < 4.78 is 17.1. The quantitative estimate of drug-likeness (QED) is 0.688. The molecule has 3 aromatic carbocycles. The molecule has 2 aliphatic rings. The van der Waals surface area contributed by atoms with Crippen LogP contribution in [0.25, 0.3) is 0 Å². The number of hydrazone groups is 1. The average Bonchev–Trinajstić information content (AvgIpc) is 3.24. The van der Waals surface area contributed by atoms with Gasteiger partial charge in [0.25, 0.3) is 0 Å². The van der Waals surface area contributed by atoms with Gasteiger partial charge in [0.05, 0.1) is 26.0 Å². The van der Waals surface area contributed by atoms with Crippen LogP contribution in [0.1, 0.15) is 35.4 Å². The van der Waals surface area contributed by atoms with Gasteiger partial charge in [-0.05, 0) is 36.4 Å². The second kappa shape index (κ2) is 7.30. The fourth-order valence-corrected chi connectivity index (χ4v) is 4.09. The minimum atomic E-state index is -0.398. The molecule has 0 bridgehead atoms. The third-order valence-electron chi connectivity index (χ3n) is 5.59. The van der Waals surface area contributed by atoms with Crippen molar-refractivity contribution in [1.82, 2.24) is 5.01 Å². The van der Waals surface area contributed by atoms with Crippen LogP contribution in [0, 0.1) is 0 Å². The number of phenols is 1. The Bertz CT molecular complexity index is 1130. The molecule has 1 N–H and O–H groups in total. The molecule has 0 saturated carbocycles. The number of fused-ring (bicyclic) bond motifs is 3. The summed E-state index contributed by atoms with van der Waals surface area (Å²) in [6.45, 7) is 0. The average molecular weight is 402 g/mol. The van der Waals surface area contributed by atoms with Crippen molar-refractivity contribution in [2.75, 3.05) is 14.2 Å². The summed E-state index contributed by atoms with van der Waals surface area (Å²) in [4.78, 5) is 0. The summed E-state index contributed by atoms with van der Waals surface area (Å²) in [6, 6.07) is 21.1. The zero-order chi connectivity index (χ0) is 20.7. The van der Waals surface area contributed by atoms with Gasteiger partial charge >= 0.3 is 0 Å². The van der Waals surface area contributed by atoms with Crippen molar-refractivity contribution in [1.29, 1.82) is 0 Å². The number of rotatable bonds is 4.